The van der Waals surface area contributed by atoms with Crippen molar-refractivity contribution in [2.75, 3.05) is 19.0 Å². The summed E-state index contributed by atoms with van der Waals surface area (Å²) < 4.78 is 16.2. The molecule has 4 aliphatic carbocycles. The Morgan fingerprint density at radius 1 is 1.00 bits per heavy atom. The quantitative estimate of drug-likeness (QED) is 0.281. The summed E-state index contributed by atoms with van der Waals surface area (Å²) in [5, 5.41) is 6.88. The minimum absolute atomic E-state index is 0.153. The molecule has 8 nitrogen and oxygen atoms in total. The van der Waals surface area contributed by atoms with Gasteiger partial charge < -0.3 is 19.2 Å². The van der Waals surface area contributed by atoms with Gasteiger partial charge in [0.05, 0.1) is 19.6 Å². The SMILES string of the molecule is COc1cc(/C=N/NC(=O)c2ccco2)ccc1OCC(=O)Nc1ccc(C23CC4CC(CC(C4)C2)C3)cc1. The highest BCUT2D eigenvalue weighted by Crippen LogP contribution is 2.60. The maximum Gasteiger partial charge on any atom is 0.307 e. The Balaban J connectivity index is 1.02. The number of carbonyl (C=O) groups is 2. The van der Waals surface area contributed by atoms with Gasteiger partial charge in [-0.2, -0.15) is 5.10 Å². The minimum Gasteiger partial charge on any atom is -0.493 e. The number of hydrogen-bond donors (Lipinski definition) is 2. The van der Waals surface area contributed by atoms with Gasteiger partial charge in [0.2, 0.25) is 0 Å². The lowest BCUT2D eigenvalue weighted by atomic mass is 9.48. The van der Waals surface area contributed by atoms with Crippen LogP contribution in [0.1, 0.15) is 60.2 Å². The number of anilines is 1. The normalized spacial score (nSPS) is 25.0. The second-order valence-corrected chi connectivity index (χ2v) is 11.2. The van der Waals surface area contributed by atoms with Crippen LogP contribution >= 0.6 is 0 Å². The maximum atomic E-state index is 12.6. The molecule has 0 atom stereocenters. The van der Waals surface area contributed by atoms with E-state index in [-0.39, 0.29) is 18.3 Å². The number of methoxy groups -OCH3 is 1. The highest BCUT2D eigenvalue weighted by Gasteiger charge is 2.51. The fourth-order valence-electron chi connectivity index (χ4n) is 7.22. The van der Waals surface area contributed by atoms with E-state index in [0.717, 1.165) is 23.4 Å². The van der Waals surface area contributed by atoms with Crippen molar-refractivity contribution in [2.24, 2.45) is 22.9 Å². The fraction of sp³-hybridized carbons (Fsp3) is 0.387. The number of hydrazone groups is 1. The average molecular weight is 528 g/mol. The predicted molar refractivity (Wildman–Crippen MR) is 147 cm³/mol. The number of benzene rings is 2. The van der Waals surface area contributed by atoms with E-state index >= 15 is 0 Å². The molecule has 2 aromatic carbocycles. The average Bonchev–Trinajstić information content (AvgIpc) is 3.47. The summed E-state index contributed by atoms with van der Waals surface area (Å²) >= 11 is 0. The number of carbonyl (C=O) groups excluding carboxylic acids is 2. The fourth-order valence-corrected chi connectivity index (χ4v) is 7.22. The summed E-state index contributed by atoms with van der Waals surface area (Å²) in [6, 6.07) is 16.8. The number of ether oxygens (including phenoxy) is 2. The predicted octanol–water partition coefficient (Wildman–Crippen LogP) is 5.54. The molecule has 0 radical (unpaired) electrons. The smallest absolute Gasteiger partial charge is 0.307 e. The topological polar surface area (TPSA) is 102 Å². The molecule has 4 aliphatic rings. The monoisotopic (exact) mass is 527 g/mol. The molecule has 0 spiro atoms. The van der Waals surface area contributed by atoms with E-state index in [9.17, 15) is 9.59 Å². The molecular weight excluding hydrogens is 494 g/mol. The zero-order valence-electron chi connectivity index (χ0n) is 22.0. The molecule has 0 aliphatic heterocycles. The van der Waals surface area contributed by atoms with Crippen molar-refractivity contribution in [3.05, 3.63) is 77.7 Å². The number of nitrogens with zero attached hydrogens (tertiary/aromatic N) is 1. The molecule has 1 heterocycles. The molecule has 39 heavy (non-hydrogen) atoms. The maximum absolute atomic E-state index is 12.6. The van der Waals surface area contributed by atoms with Gasteiger partial charge >= 0.3 is 5.91 Å². The van der Waals surface area contributed by atoms with Crippen LogP contribution in [-0.2, 0) is 10.2 Å². The summed E-state index contributed by atoms with van der Waals surface area (Å²) in [7, 11) is 1.52. The third-order valence-electron chi connectivity index (χ3n) is 8.49. The van der Waals surface area contributed by atoms with Gasteiger partial charge in [0.1, 0.15) is 0 Å². The first-order valence-corrected chi connectivity index (χ1v) is 13.6. The Morgan fingerprint density at radius 2 is 1.72 bits per heavy atom. The number of nitrogens with one attached hydrogen (secondary N) is 2. The Morgan fingerprint density at radius 3 is 2.36 bits per heavy atom. The molecule has 8 heteroatoms. The first-order valence-electron chi connectivity index (χ1n) is 13.6. The van der Waals surface area contributed by atoms with E-state index in [1.807, 2.05) is 12.1 Å². The second kappa shape index (κ2) is 10.6. The highest BCUT2D eigenvalue weighted by molar-refractivity contribution is 5.93. The lowest BCUT2D eigenvalue weighted by Crippen LogP contribution is -2.48. The van der Waals surface area contributed by atoms with E-state index in [4.69, 9.17) is 13.9 Å². The van der Waals surface area contributed by atoms with Crippen molar-refractivity contribution < 1.29 is 23.5 Å². The minimum atomic E-state index is -0.448. The van der Waals surface area contributed by atoms with Gasteiger partial charge in [0.25, 0.3) is 5.91 Å². The second-order valence-electron chi connectivity index (χ2n) is 11.2. The van der Waals surface area contributed by atoms with E-state index in [0.29, 0.717) is 22.5 Å². The van der Waals surface area contributed by atoms with Gasteiger partial charge in [-0.25, -0.2) is 5.43 Å². The van der Waals surface area contributed by atoms with E-state index in [1.54, 1.807) is 30.3 Å². The van der Waals surface area contributed by atoms with Crippen molar-refractivity contribution in [3.63, 3.8) is 0 Å². The van der Waals surface area contributed by atoms with E-state index < -0.39 is 5.91 Å². The van der Waals surface area contributed by atoms with Crippen molar-refractivity contribution in [2.45, 2.75) is 43.9 Å². The van der Waals surface area contributed by atoms with Crippen LogP contribution in [0.2, 0.25) is 0 Å². The Hall–Kier alpha value is -4.07. The Bertz CT molecular complexity index is 1330. The lowest BCUT2D eigenvalue weighted by molar-refractivity contribution is -0.118. The molecule has 0 unspecified atom stereocenters. The molecule has 0 saturated heterocycles. The summed E-state index contributed by atoms with van der Waals surface area (Å²) in [5.41, 5.74) is 5.63. The first kappa shape index (κ1) is 25.2. The van der Waals surface area contributed by atoms with Crippen LogP contribution in [0.15, 0.2) is 70.4 Å². The van der Waals surface area contributed by atoms with Crippen molar-refractivity contribution in [1.82, 2.24) is 5.43 Å². The molecule has 2 N–H and O–H groups in total. The summed E-state index contributed by atoms with van der Waals surface area (Å²) in [6.45, 7) is -0.153. The van der Waals surface area contributed by atoms with Gasteiger partial charge in [-0.15, -0.1) is 0 Å². The van der Waals surface area contributed by atoms with Gasteiger partial charge in [0, 0.05) is 5.69 Å². The summed E-state index contributed by atoms with van der Waals surface area (Å²) in [6.07, 6.45) is 11.2. The summed E-state index contributed by atoms with van der Waals surface area (Å²) in [5.74, 6) is 3.07. The molecule has 7 rings (SSSR count). The van der Waals surface area contributed by atoms with Gasteiger partial charge in [-0.05, 0) is 115 Å². The zero-order chi connectivity index (χ0) is 26.8. The van der Waals surface area contributed by atoms with Crippen LogP contribution in [0.5, 0.6) is 11.5 Å². The van der Waals surface area contributed by atoms with Crippen molar-refractivity contribution in [1.29, 1.82) is 0 Å². The van der Waals surface area contributed by atoms with E-state index in [1.165, 1.54) is 63.7 Å². The number of rotatable bonds is 9. The lowest BCUT2D eigenvalue weighted by Gasteiger charge is -2.57. The molecule has 2 amide bonds. The van der Waals surface area contributed by atoms with Gasteiger partial charge in [-0.3, -0.25) is 9.59 Å². The number of amides is 2. The van der Waals surface area contributed by atoms with Crippen LogP contribution in [0.3, 0.4) is 0 Å². The molecule has 4 saturated carbocycles. The zero-order valence-corrected chi connectivity index (χ0v) is 22.0. The number of furan rings is 1. The molecule has 1 aromatic heterocycles. The van der Waals surface area contributed by atoms with Crippen molar-refractivity contribution >= 4 is 23.7 Å². The molecule has 4 bridgehead atoms. The highest BCUT2D eigenvalue weighted by atomic mass is 16.5. The molecule has 3 aromatic rings. The van der Waals surface area contributed by atoms with Crippen molar-refractivity contribution in [3.8, 4) is 11.5 Å². The van der Waals surface area contributed by atoms with E-state index in [2.05, 4.69) is 28.0 Å². The van der Waals surface area contributed by atoms with Crippen LogP contribution in [0.25, 0.3) is 0 Å². The van der Waals surface area contributed by atoms with Crippen LogP contribution in [0.4, 0.5) is 5.69 Å². The first-order chi connectivity index (χ1) is 19.0. The summed E-state index contributed by atoms with van der Waals surface area (Å²) in [4.78, 5) is 24.5. The Labute approximate surface area is 227 Å². The largest absolute Gasteiger partial charge is 0.493 e. The van der Waals surface area contributed by atoms with Crippen LogP contribution in [0, 0.1) is 17.8 Å². The molecule has 4 fully saturated rings. The van der Waals surface area contributed by atoms with Gasteiger partial charge in [0.15, 0.2) is 23.9 Å². The van der Waals surface area contributed by atoms with Crippen LogP contribution < -0.4 is 20.2 Å². The third-order valence-corrected chi connectivity index (χ3v) is 8.49. The van der Waals surface area contributed by atoms with Crippen LogP contribution in [-0.4, -0.2) is 31.7 Å². The molecular formula is C31H33N3O5. The number of hydrogen-bond acceptors (Lipinski definition) is 6. The third kappa shape index (κ3) is 5.41. The Kier molecular flexibility index (Phi) is 6.85. The molecule has 202 valence electrons. The van der Waals surface area contributed by atoms with Gasteiger partial charge in [-0.1, -0.05) is 12.1 Å². The standard InChI is InChI=1S/C31H33N3O5/c1-37-28-14-20(18-32-34-30(36)27-3-2-10-38-27)4-9-26(28)39-19-29(35)33-25-7-5-24(6-8-25)31-15-21-11-22(16-31)13-23(12-21)17-31/h2-10,14,18,21-23H,11-13,15-17,19H2,1H3,(H,33,35)(H,34,36)/b32-18+.